The fourth-order valence-electron chi connectivity index (χ4n) is 0.888. The number of rotatable bonds is 1. The average Bonchev–Trinajstić information content (AvgIpc) is 2.10. The highest BCUT2D eigenvalue weighted by Crippen LogP contribution is 2.08. The molecule has 0 saturated carbocycles. The summed E-state index contributed by atoms with van der Waals surface area (Å²) in [5, 5.41) is 2.95. The van der Waals surface area contributed by atoms with E-state index in [1.165, 1.54) is 0 Å². The van der Waals surface area contributed by atoms with Crippen molar-refractivity contribution < 1.29 is 19.1 Å². The monoisotopic (exact) mass is 206 g/mol. The third-order valence-corrected chi connectivity index (χ3v) is 1.97. The van der Waals surface area contributed by atoms with Crippen molar-refractivity contribution in [1.29, 1.82) is 0 Å². The van der Waals surface area contributed by atoms with Gasteiger partial charge in [-0.2, -0.15) is 0 Å². The van der Waals surface area contributed by atoms with Gasteiger partial charge in [-0.1, -0.05) is 0 Å². The van der Waals surface area contributed by atoms with E-state index in [-0.39, 0.29) is 0 Å². The molecule has 0 bridgehead atoms. The molecule has 0 aromatic heterocycles. The molecule has 72 valence electrons. The molecule has 0 spiro atoms. The largest absolute Gasteiger partial charge is 0.467 e. The Bertz CT molecular complexity index is 267. The van der Waals surface area contributed by atoms with Gasteiger partial charge in [0.05, 0.1) is 7.11 Å². The lowest BCUT2D eigenvalue weighted by atomic mass is 10.1. The Hall–Kier alpha value is -1.30. The second-order valence-corrected chi connectivity index (χ2v) is 2.84. The molecule has 1 aliphatic heterocycles. The number of halogens is 1. The van der Waals surface area contributed by atoms with Crippen molar-refractivity contribution >= 4 is 29.5 Å². The summed E-state index contributed by atoms with van der Waals surface area (Å²) in [5.74, 6) is -1.45. The highest BCUT2D eigenvalue weighted by Gasteiger charge is 2.39. The van der Waals surface area contributed by atoms with Crippen LogP contribution in [0.3, 0.4) is 0 Å². The topological polar surface area (TPSA) is 84.5 Å². The predicted molar refractivity (Wildman–Crippen MR) is 42.1 cm³/mol. The number of nitrogens with one attached hydrogen (secondary N) is 2. The molecule has 2 atom stereocenters. The SMILES string of the molecule is COC(=O)C1NC(=O)NC(=O)C1Cl. The maximum atomic E-state index is 11.0. The van der Waals surface area contributed by atoms with Crippen molar-refractivity contribution in [3.8, 4) is 0 Å². The minimum Gasteiger partial charge on any atom is -0.467 e. The molecular weight excluding hydrogens is 200 g/mol. The van der Waals surface area contributed by atoms with Gasteiger partial charge >= 0.3 is 12.0 Å². The lowest BCUT2D eigenvalue weighted by Gasteiger charge is -2.24. The van der Waals surface area contributed by atoms with Crippen molar-refractivity contribution in [2.45, 2.75) is 11.4 Å². The van der Waals surface area contributed by atoms with Crippen molar-refractivity contribution in [1.82, 2.24) is 10.6 Å². The van der Waals surface area contributed by atoms with Crippen LogP contribution in [0, 0.1) is 0 Å². The van der Waals surface area contributed by atoms with Crippen molar-refractivity contribution in [2.24, 2.45) is 0 Å². The minimum atomic E-state index is -1.13. The molecule has 0 aromatic rings. The van der Waals surface area contributed by atoms with Crippen LogP contribution in [-0.4, -0.2) is 36.4 Å². The molecule has 0 radical (unpaired) electrons. The summed E-state index contributed by atoms with van der Waals surface area (Å²) < 4.78 is 4.34. The van der Waals surface area contributed by atoms with E-state index in [4.69, 9.17) is 11.6 Å². The first-order valence-electron chi connectivity index (χ1n) is 3.39. The zero-order chi connectivity index (χ0) is 10.0. The Kier molecular flexibility index (Phi) is 2.72. The van der Waals surface area contributed by atoms with Crippen LogP contribution in [0.15, 0.2) is 0 Å². The van der Waals surface area contributed by atoms with Gasteiger partial charge in [0.1, 0.15) is 5.38 Å². The zero-order valence-corrected chi connectivity index (χ0v) is 7.42. The quantitative estimate of drug-likeness (QED) is 0.425. The van der Waals surface area contributed by atoms with E-state index in [9.17, 15) is 14.4 Å². The molecule has 13 heavy (non-hydrogen) atoms. The Balaban J connectivity index is 2.77. The van der Waals surface area contributed by atoms with Crippen molar-refractivity contribution in [2.75, 3.05) is 7.11 Å². The molecule has 7 heteroatoms. The van der Waals surface area contributed by atoms with Crippen LogP contribution in [0.2, 0.25) is 0 Å². The summed E-state index contributed by atoms with van der Waals surface area (Å²) in [4.78, 5) is 32.6. The highest BCUT2D eigenvalue weighted by atomic mass is 35.5. The molecule has 3 amide bonds. The summed E-state index contributed by atoms with van der Waals surface area (Å²) in [6.45, 7) is 0. The number of hydrogen-bond donors (Lipinski definition) is 2. The first kappa shape index (κ1) is 9.79. The smallest absolute Gasteiger partial charge is 0.330 e. The van der Waals surface area contributed by atoms with Crippen LogP contribution < -0.4 is 10.6 Å². The molecule has 6 nitrogen and oxygen atoms in total. The van der Waals surface area contributed by atoms with Gasteiger partial charge in [0, 0.05) is 0 Å². The number of alkyl halides is 1. The fraction of sp³-hybridized carbons (Fsp3) is 0.500. The lowest BCUT2D eigenvalue weighted by Crippen LogP contribution is -2.62. The van der Waals surface area contributed by atoms with Gasteiger partial charge in [-0.05, 0) is 0 Å². The number of ether oxygens (including phenoxy) is 1. The van der Waals surface area contributed by atoms with E-state index in [0.717, 1.165) is 7.11 Å². The lowest BCUT2D eigenvalue weighted by molar-refractivity contribution is -0.144. The van der Waals surface area contributed by atoms with Gasteiger partial charge in [-0.25, -0.2) is 9.59 Å². The summed E-state index contributed by atoms with van der Waals surface area (Å²) >= 11 is 5.54. The van der Waals surface area contributed by atoms with Crippen LogP contribution in [0.1, 0.15) is 0 Å². The summed E-state index contributed by atoms with van der Waals surface area (Å²) in [7, 11) is 1.14. The van der Waals surface area contributed by atoms with E-state index < -0.39 is 29.3 Å². The van der Waals surface area contributed by atoms with Crippen LogP contribution in [0.5, 0.6) is 0 Å². The molecule has 0 aliphatic carbocycles. The molecule has 1 heterocycles. The Morgan fingerprint density at radius 1 is 1.54 bits per heavy atom. The molecular formula is C6H7ClN2O4. The molecule has 1 aliphatic rings. The second-order valence-electron chi connectivity index (χ2n) is 2.37. The van der Waals surface area contributed by atoms with Crippen molar-refractivity contribution in [3.63, 3.8) is 0 Å². The maximum absolute atomic E-state index is 11.0. The Morgan fingerprint density at radius 2 is 2.15 bits per heavy atom. The highest BCUT2D eigenvalue weighted by molar-refractivity contribution is 6.34. The zero-order valence-electron chi connectivity index (χ0n) is 6.67. The average molecular weight is 207 g/mol. The van der Waals surface area contributed by atoms with Crippen LogP contribution in [0.25, 0.3) is 0 Å². The molecule has 0 aromatic carbocycles. The van der Waals surface area contributed by atoms with Crippen molar-refractivity contribution in [3.05, 3.63) is 0 Å². The fourth-order valence-corrected chi connectivity index (χ4v) is 1.11. The van der Waals surface area contributed by atoms with Crippen LogP contribution >= 0.6 is 11.6 Å². The van der Waals surface area contributed by atoms with E-state index in [2.05, 4.69) is 10.1 Å². The van der Waals surface area contributed by atoms with Gasteiger partial charge in [-0.3, -0.25) is 10.1 Å². The third kappa shape index (κ3) is 1.89. The number of carbonyl (C=O) groups is 3. The summed E-state index contributed by atoms with van der Waals surface area (Å²) in [6, 6.07) is -1.87. The predicted octanol–water partition coefficient (Wildman–Crippen LogP) is -1.03. The molecule has 1 saturated heterocycles. The van der Waals surface area contributed by atoms with Crippen LogP contribution in [0.4, 0.5) is 4.79 Å². The van der Waals surface area contributed by atoms with E-state index in [1.54, 1.807) is 0 Å². The van der Waals surface area contributed by atoms with Gasteiger partial charge in [-0.15, -0.1) is 11.6 Å². The molecule has 1 rings (SSSR count). The molecule has 2 N–H and O–H groups in total. The number of methoxy groups -OCH3 is 1. The van der Waals surface area contributed by atoms with Gasteiger partial charge in [0.2, 0.25) is 5.91 Å². The normalized spacial score (nSPS) is 27.5. The van der Waals surface area contributed by atoms with Crippen LogP contribution in [-0.2, 0) is 14.3 Å². The Labute approximate surface area is 78.6 Å². The first-order valence-corrected chi connectivity index (χ1v) is 3.83. The van der Waals surface area contributed by atoms with E-state index >= 15 is 0 Å². The van der Waals surface area contributed by atoms with Gasteiger partial charge < -0.3 is 10.1 Å². The standard InChI is InChI=1S/C6H7ClN2O4/c1-13-5(11)3-2(7)4(10)9-6(12)8-3/h2-3H,1H3,(H2,8,9,10,12). The summed E-state index contributed by atoms with van der Waals surface area (Å²) in [5.41, 5.74) is 0. The first-order chi connectivity index (χ1) is 6.06. The van der Waals surface area contributed by atoms with E-state index in [0.29, 0.717) is 0 Å². The van der Waals surface area contributed by atoms with Gasteiger partial charge in [0.15, 0.2) is 6.04 Å². The third-order valence-electron chi connectivity index (χ3n) is 1.52. The minimum absolute atomic E-state index is 0.708. The number of imide groups is 1. The maximum Gasteiger partial charge on any atom is 0.330 e. The number of urea groups is 1. The molecule has 1 fully saturated rings. The molecule has 2 unspecified atom stereocenters. The number of amides is 3. The Morgan fingerprint density at radius 3 is 2.69 bits per heavy atom. The van der Waals surface area contributed by atoms with Gasteiger partial charge in [0.25, 0.3) is 0 Å². The number of hydrogen-bond acceptors (Lipinski definition) is 4. The second kappa shape index (κ2) is 3.61. The summed E-state index contributed by atoms with van der Waals surface area (Å²) in [6.07, 6.45) is 0. The number of carbonyl (C=O) groups excluding carboxylic acids is 3. The number of esters is 1. The van der Waals surface area contributed by atoms with E-state index in [1.807, 2.05) is 5.32 Å².